The van der Waals surface area contributed by atoms with Gasteiger partial charge >= 0.3 is 6.18 Å². The molecular weight excluding hydrogens is 487 g/mol. The number of aromatic nitrogens is 6. The molecule has 1 saturated heterocycles. The van der Waals surface area contributed by atoms with Gasteiger partial charge in [-0.25, -0.2) is 14.5 Å². The van der Waals surface area contributed by atoms with Gasteiger partial charge in [-0.05, 0) is 63.2 Å². The number of piperidine rings is 1. The number of fused-ring (bicyclic) bond motifs is 1. The lowest BCUT2D eigenvalue weighted by Gasteiger charge is -2.32. The highest BCUT2D eigenvalue weighted by Crippen LogP contribution is 2.41. The van der Waals surface area contributed by atoms with Crippen LogP contribution in [0.1, 0.15) is 54.3 Å². The number of hydrogen-bond donors (Lipinski definition) is 1. The van der Waals surface area contributed by atoms with Gasteiger partial charge in [0.15, 0.2) is 5.65 Å². The smallest absolute Gasteiger partial charge is 0.303 e. The fourth-order valence-electron chi connectivity index (χ4n) is 5.17. The fourth-order valence-corrected chi connectivity index (χ4v) is 6.42. The van der Waals surface area contributed by atoms with Gasteiger partial charge in [0.1, 0.15) is 17.0 Å². The number of nitrogens with zero attached hydrogens (tertiary/aromatic N) is 6. The molecule has 1 N–H and O–H groups in total. The summed E-state index contributed by atoms with van der Waals surface area (Å²) in [4.78, 5) is 12.6. The van der Waals surface area contributed by atoms with Crippen molar-refractivity contribution in [2.45, 2.75) is 59.1 Å². The largest absolute Gasteiger partial charge is 0.393 e. The van der Waals surface area contributed by atoms with E-state index in [0.717, 1.165) is 48.6 Å². The van der Waals surface area contributed by atoms with Gasteiger partial charge in [0, 0.05) is 28.7 Å². The Morgan fingerprint density at radius 3 is 2.64 bits per heavy atom. The molecule has 11 heteroatoms. The van der Waals surface area contributed by atoms with Gasteiger partial charge in [0.25, 0.3) is 0 Å². The molecule has 1 aliphatic heterocycles. The number of thiazole rings is 1. The fraction of sp³-hybridized carbons (Fsp3) is 0.520. The number of rotatable bonds is 6. The summed E-state index contributed by atoms with van der Waals surface area (Å²) >= 11 is 1.48. The van der Waals surface area contributed by atoms with Gasteiger partial charge in [-0.2, -0.15) is 23.4 Å². The second-order valence-corrected chi connectivity index (χ2v) is 11.1. The highest BCUT2D eigenvalue weighted by atomic mass is 32.1. The van der Waals surface area contributed by atoms with Crippen LogP contribution in [0.4, 0.5) is 13.2 Å². The van der Waals surface area contributed by atoms with Gasteiger partial charge in [-0.3, -0.25) is 5.10 Å². The molecule has 0 atom stereocenters. The monoisotopic (exact) mass is 517 g/mol. The Morgan fingerprint density at radius 1 is 1.19 bits per heavy atom. The molecule has 5 heterocycles. The second-order valence-electron chi connectivity index (χ2n) is 10.1. The summed E-state index contributed by atoms with van der Waals surface area (Å²) in [6.45, 7) is 11.4. The van der Waals surface area contributed by atoms with E-state index in [4.69, 9.17) is 4.98 Å². The molecule has 1 aliphatic rings. The summed E-state index contributed by atoms with van der Waals surface area (Å²) < 4.78 is 42.7. The van der Waals surface area contributed by atoms with Crippen molar-refractivity contribution in [3.8, 4) is 22.0 Å². The van der Waals surface area contributed by atoms with Crippen LogP contribution in [0, 0.1) is 19.8 Å². The molecular formula is C25H30F3N7S. The van der Waals surface area contributed by atoms with E-state index in [0.29, 0.717) is 33.7 Å². The minimum Gasteiger partial charge on any atom is -0.303 e. The van der Waals surface area contributed by atoms with Crippen LogP contribution in [0.25, 0.3) is 27.6 Å². The number of halogens is 3. The average Bonchev–Trinajstić information content (AvgIpc) is 3.51. The average molecular weight is 518 g/mol. The van der Waals surface area contributed by atoms with Crippen molar-refractivity contribution >= 4 is 17.0 Å². The Bertz CT molecular complexity index is 1360. The second kappa shape index (κ2) is 9.59. The van der Waals surface area contributed by atoms with Gasteiger partial charge in [0.2, 0.25) is 0 Å². The van der Waals surface area contributed by atoms with Crippen molar-refractivity contribution in [2.75, 3.05) is 19.6 Å². The van der Waals surface area contributed by atoms with E-state index in [1.165, 1.54) is 17.7 Å². The maximum atomic E-state index is 13.7. The van der Waals surface area contributed by atoms with Crippen molar-refractivity contribution in [1.29, 1.82) is 0 Å². The Morgan fingerprint density at radius 2 is 1.94 bits per heavy atom. The number of hydrogen-bond acceptors (Lipinski definition) is 6. The predicted molar refractivity (Wildman–Crippen MR) is 134 cm³/mol. The first-order valence-electron chi connectivity index (χ1n) is 12.2. The Hall–Kier alpha value is -2.79. The number of alkyl halides is 3. The molecule has 7 nitrogen and oxygen atoms in total. The van der Waals surface area contributed by atoms with Crippen LogP contribution in [0.2, 0.25) is 0 Å². The van der Waals surface area contributed by atoms with Gasteiger partial charge < -0.3 is 4.90 Å². The van der Waals surface area contributed by atoms with Gasteiger partial charge in [-0.1, -0.05) is 13.8 Å². The van der Waals surface area contributed by atoms with Crippen LogP contribution in [0.15, 0.2) is 18.6 Å². The van der Waals surface area contributed by atoms with Crippen molar-refractivity contribution in [2.24, 2.45) is 5.92 Å². The van der Waals surface area contributed by atoms with Crippen LogP contribution in [-0.4, -0.2) is 60.5 Å². The summed E-state index contributed by atoms with van der Waals surface area (Å²) in [7, 11) is 0. The molecule has 0 spiro atoms. The van der Waals surface area contributed by atoms with Crippen LogP contribution >= 0.6 is 11.3 Å². The molecule has 0 aliphatic carbocycles. The Kier molecular flexibility index (Phi) is 6.63. The van der Waals surface area contributed by atoms with Gasteiger partial charge in [-0.15, -0.1) is 11.3 Å². The molecule has 0 unspecified atom stereocenters. The van der Waals surface area contributed by atoms with E-state index in [2.05, 4.69) is 39.0 Å². The topological polar surface area (TPSA) is 75.0 Å². The van der Waals surface area contributed by atoms with E-state index in [9.17, 15) is 13.2 Å². The molecule has 0 aromatic carbocycles. The number of likely N-dealkylation sites (tertiary alicyclic amines) is 1. The third kappa shape index (κ3) is 5.04. The summed E-state index contributed by atoms with van der Waals surface area (Å²) in [5.41, 5.74) is 3.66. The molecule has 0 bridgehead atoms. The van der Waals surface area contributed by atoms with Crippen molar-refractivity contribution in [3.05, 3.63) is 40.3 Å². The van der Waals surface area contributed by atoms with E-state index >= 15 is 0 Å². The van der Waals surface area contributed by atoms with E-state index in [-0.39, 0.29) is 11.3 Å². The maximum Gasteiger partial charge on any atom is 0.393 e. The zero-order valence-electron chi connectivity index (χ0n) is 20.9. The molecule has 0 amide bonds. The van der Waals surface area contributed by atoms with E-state index in [1.807, 2.05) is 19.9 Å². The standard InChI is InChI=1S/C25H30F3N7S/c1-14(2)11-34-7-5-17(6-8-34)22-16(4)31-24(36-22)21-19(10-25(26,27)28)20(32-33-21)18-9-15(3)23-29-13-30-35(23)12-18/h9,12-14,17H,5-8,10-11H2,1-4H3,(H,32,33). The van der Waals surface area contributed by atoms with E-state index in [1.54, 1.807) is 10.7 Å². The molecule has 36 heavy (non-hydrogen) atoms. The van der Waals surface area contributed by atoms with Crippen molar-refractivity contribution in [3.63, 3.8) is 0 Å². The van der Waals surface area contributed by atoms with Crippen LogP contribution in [0.3, 0.4) is 0 Å². The van der Waals surface area contributed by atoms with E-state index < -0.39 is 12.6 Å². The first kappa shape index (κ1) is 24.9. The Balaban J connectivity index is 1.49. The quantitative estimate of drug-likeness (QED) is 0.350. The van der Waals surface area contributed by atoms with Crippen molar-refractivity contribution < 1.29 is 13.2 Å². The minimum atomic E-state index is -4.39. The maximum absolute atomic E-state index is 13.7. The number of H-pyrrole nitrogens is 1. The number of aryl methyl sites for hydroxylation is 2. The summed E-state index contributed by atoms with van der Waals surface area (Å²) in [5, 5.41) is 11.9. The summed E-state index contributed by atoms with van der Waals surface area (Å²) in [6.07, 6.45) is -0.312. The molecule has 4 aromatic heterocycles. The van der Waals surface area contributed by atoms with Crippen LogP contribution in [-0.2, 0) is 6.42 Å². The zero-order valence-corrected chi connectivity index (χ0v) is 21.7. The summed E-state index contributed by atoms with van der Waals surface area (Å²) in [5.74, 6) is 1.01. The lowest BCUT2D eigenvalue weighted by molar-refractivity contribution is -0.127. The highest BCUT2D eigenvalue weighted by Gasteiger charge is 2.34. The zero-order chi connectivity index (χ0) is 25.6. The Labute approximate surface area is 211 Å². The molecule has 0 radical (unpaired) electrons. The number of pyridine rings is 1. The molecule has 5 rings (SSSR count). The highest BCUT2D eigenvalue weighted by molar-refractivity contribution is 7.15. The normalized spacial score (nSPS) is 16.0. The SMILES string of the molecule is Cc1nc(-c2n[nH]c(-c3cc(C)c4ncnn4c3)c2CC(F)(F)F)sc1C1CCN(CC(C)C)CC1. The van der Waals surface area contributed by atoms with Gasteiger partial charge in [0.05, 0.1) is 17.8 Å². The molecule has 192 valence electrons. The lowest BCUT2D eigenvalue weighted by Crippen LogP contribution is -2.35. The first-order valence-corrected chi connectivity index (χ1v) is 13.0. The minimum absolute atomic E-state index is 0.105. The lowest BCUT2D eigenvalue weighted by atomic mass is 9.94. The van der Waals surface area contributed by atoms with Crippen LogP contribution < -0.4 is 0 Å². The van der Waals surface area contributed by atoms with Crippen LogP contribution in [0.5, 0.6) is 0 Å². The molecule has 4 aromatic rings. The predicted octanol–water partition coefficient (Wildman–Crippen LogP) is 5.80. The number of nitrogens with one attached hydrogen (secondary N) is 1. The third-order valence-corrected chi connectivity index (χ3v) is 8.04. The summed E-state index contributed by atoms with van der Waals surface area (Å²) in [6, 6.07) is 1.81. The third-order valence-electron chi connectivity index (χ3n) is 6.71. The molecule has 1 fully saturated rings. The van der Waals surface area contributed by atoms with Crippen molar-refractivity contribution in [1.82, 2.24) is 34.7 Å². The first-order chi connectivity index (χ1) is 17.1. The molecule has 0 saturated carbocycles. The number of aromatic amines is 1.